The Balaban J connectivity index is 1.06. The van der Waals surface area contributed by atoms with Crippen LogP contribution in [-0.2, 0) is 33.8 Å². The lowest BCUT2D eigenvalue weighted by Crippen LogP contribution is -2.67. The van der Waals surface area contributed by atoms with Crippen molar-refractivity contribution in [1.29, 1.82) is 0 Å². The monoisotopic (exact) mass is 1000 g/mol. The number of amides is 1. The number of allylic oxidation sites excluding steroid dienone is 1. The minimum absolute atomic E-state index is 0.0126. The summed E-state index contributed by atoms with van der Waals surface area (Å²) < 4.78 is 16.5. The van der Waals surface area contributed by atoms with E-state index in [0.717, 1.165) is 42.3 Å². The van der Waals surface area contributed by atoms with Crippen LogP contribution in [0.1, 0.15) is 80.9 Å². The van der Waals surface area contributed by atoms with Gasteiger partial charge in [-0.2, -0.15) is 0 Å². The van der Waals surface area contributed by atoms with Crippen molar-refractivity contribution in [3.05, 3.63) is 106 Å². The Labute approximate surface area is 421 Å². The fourth-order valence-corrected chi connectivity index (χ4v) is 13.3. The number of H-pyrrole nitrogens is 1. The second kappa shape index (κ2) is 19.5. The van der Waals surface area contributed by atoms with Gasteiger partial charge in [0.1, 0.15) is 65.2 Å². The van der Waals surface area contributed by atoms with Crippen LogP contribution in [0.15, 0.2) is 82.3 Å². The SMILES string of the molecule is CCc1c2cc[nH]c2cn1-c1c2c(cc3c(=O)cc(C)oc13)CC(OOCC(O)(Cc1ccc(O)c3ccc(O)cc13)C(O)C(O)C(O)CO)C1(CC(C3CNC(=O)C3)C3C=CC(NC4CCCCC4)C1C3)O2. The third-order valence-corrected chi connectivity index (χ3v) is 17.0. The van der Waals surface area contributed by atoms with Crippen LogP contribution >= 0.6 is 0 Å². The van der Waals surface area contributed by atoms with Crippen molar-refractivity contribution in [2.24, 2.45) is 23.7 Å². The average Bonchev–Trinajstić information content (AvgIpc) is 4.12. The highest BCUT2D eigenvalue weighted by Crippen LogP contribution is 2.57. The summed E-state index contributed by atoms with van der Waals surface area (Å²) in [4.78, 5) is 43.5. The zero-order valence-corrected chi connectivity index (χ0v) is 41.1. The van der Waals surface area contributed by atoms with Crippen molar-refractivity contribution in [3.63, 3.8) is 0 Å². The van der Waals surface area contributed by atoms with Crippen molar-refractivity contribution >= 4 is 38.6 Å². The van der Waals surface area contributed by atoms with Crippen LogP contribution in [0.25, 0.3) is 38.3 Å². The number of nitrogens with zero attached hydrogens (tertiary/aromatic N) is 1. The number of carbonyl (C=O) groups is 1. The third kappa shape index (κ3) is 8.80. The largest absolute Gasteiger partial charge is 0.508 e. The molecule has 11 unspecified atom stereocenters. The fourth-order valence-electron chi connectivity index (χ4n) is 13.3. The molecule has 3 aromatic carbocycles. The number of hydrogen-bond acceptors (Lipinski definition) is 14. The quantitative estimate of drug-likeness (QED) is 0.0362. The second-order valence-electron chi connectivity index (χ2n) is 21.5. The molecule has 3 aliphatic carbocycles. The number of rotatable bonds is 15. The van der Waals surface area contributed by atoms with Gasteiger partial charge in [0, 0.05) is 84.3 Å². The van der Waals surface area contributed by atoms with Gasteiger partial charge in [-0.15, -0.1) is 0 Å². The molecule has 3 fully saturated rings. The van der Waals surface area contributed by atoms with Gasteiger partial charge in [0.15, 0.2) is 16.8 Å². The summed E-state index contributed by atoms with van der Waals surface area (Å²) in [7, 11) is 0. The molecular formula is C56H66N4O13. The van der Waals surface area contributed by atoms with Gasteiger partial charge >= 0.3 is 0 Å². The predicted molar refractivity (Wildman–Crippen MR) is 270 cm³/mol. The van der Waals surface area contributed by atoms with E-state index in [9.17, 15) is 45.3 Å². The molecular weight excluding hydrogens is 937 g/mol. The van der Waals surface area contributed by atoms with Crippen molar-refractivity contribution in [2.45, 2.75) is 132 Å². The van der Waals surface area contributed by atoms with Crippen LogP contribution in [-0.4, -0.2) is 119 Å². The van der Waals surface area contributed by atoms with E-state index in [1.165, 1.54) is 42.8 Å². The number of aryl methyl sites for hydroxylation is 2. The van der Waals surface area contributed by atoms with E-state index in [2.05, 4.69) is 39.3 Å². The Hall–Kier alpha value is -5.76. The molecule has 3 aromatic heterocycles. The van der Waals surface area contributed by atoms with E-state index in [4.69, 9.17) is 18.9 Å². The summed E-state index contributed by atoms with van der Waals surface area (Å²) >= 11 is 0. The Kier molecular flexibility index (Phi) is 13.2. The van der Waals surface area contributed by atoms with E-state index in [1.807, 2.05) is 18.5 Å². The Morgan fingerprint density at radius 2 is 1.79 bits per heavy atom. The van der Waals surface area contributed by atoms with E-state index in [-0.39, 0.29) is 65.0 Å². The molecule has 17 heteroatoms. The molecule has 2 saturated carbocycles. The highest BCUT2D eigenvalue weighted by molar-refractivity contribution is 5.93. The molecule has 11 rings (SSSR count). The van der Waals surface area contributed by atoms with Crippen LogP contribution in [0.2, 0.25) is 0 Å². The molecule has 1 amide bonds. The second-order valence-corrected chi connectivity index (χ2v) is 21.5. The molecule has 73 heavy (non-hydrogen) atoms. The number of aliphatic hydroxyl groups excluding tert-OH is 4. The van der Waals surface area contributed by atoms with Gasteiger partial charge in [0.25, 0.3) is 0 Å². The summed E-state index contributed by atoms with van der Waals surface area (Å²) in [5.41, 5.74) is -0.0701. The Morgan fingerprint density at radius 3 is 2.56 bits per heavy atom. The number of hydrogen-bond donors (Lipinski definition) is 10. The zero-order chi connectivity index (χ0) is 50.9. The lowest BCUT2D eigenvalue weighted by atomic mass is 9.55. The van der Waals surface area contributed by atoms with E-state index in [1.54, 1.807) is 13.0 Å². The lowest BCUT2D eigenvalue weighted by Gasteiger charge is -2.58. The van der Waals surface area contributed by atoms with Gasteiger partial charge in [-0.3, -0.25) is 9.59 Å². The minimum Gasteiger partial charge on any atom is -0.508 e. The summed E-state index contributed by atoms with van der Waals surface area (Å²) in [5, 5.41) is 86.5. The Morgan fingerprint density at radius 1 is 0.973 bits per heavy atom. The van der Waals surface area contributed by atoms with Gasteiger partial charge in [0.2, 0.25) is 5.91 Å². The van der Waals surface area contributed by atoms with Crippen molar-refractivity contribution in [3.8, 4) is 22.9 Å². The van der Waals surface area contributed by atoms with Crippen LogP contribution in [0.5, 0.6) is 17.2 Å². The van der Waals surface area contributed by atoms with Crippen molar-refractivity contribution in [1.82, 2.24) is 20.2 Å². The number of carbonyl (C=O) groups excluding carboxylic acids is 1. The number of aromatic hydroxyl groups is 2. The summed E-state index contributed by atoms with van der Waals surface area (Å²) in [6.07, 6.45) is 8.79. The number of benzene rings is 3. The number of ether oxygens (including phenoxy) is 1. The number of phenols is 2. The van der Waals surface area contributed by atoms with Crippen molar-refractivity contribution < 1.29 is 59.5 Å². The first kappa shape index (κ1) is 49.5. The maximum atomic E-state index is 14.1. The molecule has 2 aliphatic heterocycles. The Bertz CT molecular complexity index is 3140. The molecule has 5 heterocycles. The standard InChI is InChI=1S/C56H66N4O13/c1-3-44-37-15-16-57-43(37)26-60(44)50-52-32(18-39-46(64)17-29(2)71-53(39)50)20-48(56(72-52)24-40(33-21-49(66)58-25-33)30-9-13-42(41(56)19-30)59-34-7-5-4-6-8-34)73-70-28-55(69,54(68)51(67)47(65)27-61)23-31-10-14-45(63)36-12-11-35(62)22-38(31)36/h9-18,22,26,30,33-34,40-42,47-48,51,54,57,59,61-63,65,67-69H,3-8,19-21,23-25,27-28H2,1-2H3,(H,58,66). The van der Waals surface area contributed by atoms with E-state index >= 15 is 0 Å². The van der Waals surface area contributed by atoms with Gasteiger partial charge in [-0.25, -0.2) is 9.78 Å². The summed E-state index contributed by atoms with van der Waals surface area (Å²) in [6.45, 7) is 2.62. The minimum atomic E-state index is -2.44. The highest BCUT2D eigenvalue weighted by Gasteiger charge is 2.62. The molecule has 17 nitrogen and oxygen atoms in total. The first-order valence-corrected chi connectivity index (χ1v) is 26.0. The number of aromatic amines is 1. The molecule has 10 N–H and O–H groups in total. The smallest absolute Gasteiger partial charge is 0.220 e. The van der Waals surface area contributed by atoms with Crippen molar-refractivity contribution in [2.75, 3.05) is 19.8 Å². The first-order chi connectivity index (χ1) is 35.2. The number of aromatic nitrogens is 2. The van der Waals surface area contributed by atoms with Crippen LogP contribution < -0.4 is 20.8 Å². The van der Waals surface area contributed by atoms with Crippen LogP contribution in [0.4, 0.5) is 0 Å². The highest BCUT2D eigenvalue weighted by atomic mass is 17.2. The predicted octanol–water partition coefficient (Wildman–Crippen LogP) is 5.18. The van der Waals surface area contributed by atoms with Gasteiger partial charge < -0.3 is 65.1 Å². The number of phenolic OH excluding ortho intramolecular Hbond substituents is 2. The van der Waals surface area contributed by atoms with Gasteiger partial charge in [0.05, 0.1) is 17.5 Å². The molecule has 1 spiro atoms. The molecule has 6 aromatic rings. The van der Waals surface area contributed by atoms with E-state index in [0.29, 0.717) is 82.3 Å². The molecule has 388 valence electrons. The van der Waals surface area contributed by atoms with E-state index < -0.39 is 55.3 Å². The van der Waals surface area contributed by atoms with Gasteiger partial charge in [-0.05, 0) is 104 Å². The maximum absolute atomic E-state index is 14.1. The first-order valence-electron chi connectivity index (χ1n) is 26.0. The number of aliphatic hydroxyl groups is 5. The van der Waals surface area contributed by atoms with Crippen LogP contribution in [0.3, 0.4) is 0 Å². The van der Waals surface area contributed by atoms with Gasteiger partial charge in [-0.1, -0.05) is 44.4 Å². The molecule has 2 bridgehead atoms. The summed E-state index contributed by atoms with van der Waals surface area (Å²) in [5.74, 6) is 0.519. The fraction of sp³-hybridized carbons (Fsp3) is 0.500. The average molecular weight is 1000 g/mol. The third-order valence-electron chi connectivity index (χ3n) is 17.0. The lowest BCUT2D eigenvalue weighted by molar-refractivity contribution is -0.380. The maximum Gasteiger partial charge on any atom is 0.220 e. The topological polar surface area (TPSA) is 261 Å². The number of fused-ring (bicyclic) bond motifs is 7. The molecule has 5 aliphatic rings. The number of nitrogens with one attached hydrogen (secondary N) is 3. The summed E-state index contributed by atoms with van der Waals surface area (Å²) in [6, 6.07) is 12.6. The molecule has 0 radical (unpaired) electrons. The normalized spacial score (nSPS) is 27.2. The van der Waals surface area contributed by atoms with Crippen LogP contribution in [0, 0.1) is 30.6 Å². The zero-order valence-electron chi connectivity index (χ0n) is 41.1. The molecule has 11 atom stereocenters. The molecule has 1 saturated heterocycles.